The summed E-state index contributed by atoms with van der Waals surface area (Å²) in [6.45, 7) is 3.82. The molecule has 2 amide bonds. The van der Waals surface area contributed by atoms with Crippen molar-refractivity contribution in [3.05, 3.63) is 107 Å². The SMILES string of the molecule is C=C1[C@@H](C(=O)Nc2ccc(Cl)c(S(=O)(=O)Nc3ccc(OC)cc3)c2)[C@@H]1C(=O)Nc1ccc(Cl)c(S(=O)(=O)Nc2ccc(OC)cc2)c1. The first-order chi connectivity index (χ1) is 22.7. The number of carbonyl (C=O) groups excluding carboxylic acids is 2. The lowest BCUT2D eigenvalue weighted by molar-refractivity contribution is -0.122. The molecule has 0 aliphatic heterocycles. The fraction of sp³-hybridized carbons (Fsp3) is 0.125. The molecule has 1 fully saturated rings. The van der Waals surface area contributed by atoms with E-state index in [4.69, 9.17) is 32.7 Å². The monoisotopic (exact) mass is 730 g/mol. The Morgan fingerprint density at radius 1 is 0.604 bits per heavy atom. The average molecular weight is 732 g/mol. The second-order valence-corrected chi connectivity index (χ2v) is 14.6. The summed E-state index contributed by atoms with van der Waals surface area (Å²) in [4.78, 5) is 25.7. The average Bonchev–Trinajstić information content (AvgIpc) is 3.74. The number of halogens is 2. The van der Waals surface area contributed by atoms with Gasteiger partial charge in [0.2, 0.25) is 11.8 Å². The molecule has 1 saturated carbocycles. The summed E-state index contributed by atoms with van der Waals surface area (Å²) in [5.74, 6) is -1.97. The van der Waals surface area contributed by atoms with Crippen LogP contribution in [0.3, 0.4) is 0 Å². The molecule has 4 aromatic carbocycles. The van der Waals surface area contributed by atoms with Crippen molar-refractivity contribution < 1.29 is 35.9 Å². The second-order valence-electron chi connectivity index (χ2n) is 10.5. The molecule has 0 saturated heterocycles. The minimum atomic E-state index is -4.15. The molecular formula is C32H28Cl2N4O8S2. The van der Waals surface area contributed by atoms with E-state index in [1.165, 1.54) is 74.9 Å². The predicted molar refractivity (Wildman–Crippen MR) is 184 cm³/mol. The summed E-state index contributed by atoms with van der Waals surface area (Å²) in [5, 5.41) is 5.06. The lowest BCUT2D eigenvalue weighted by Crippen LogP contribution is -2.21. The standard InChI is InChI=1S/C32H28Cl2N4O8S2/c1-18-29(31(39)35-21-8-14-25(33)27(16-21)47(41,42)37-19-4-10-23(45-2)11-5-19)30(18)32(40)36-22-9-15-26(34)28(17-22)48(43,44)38-20-6-12-24(46-3)13-7-20/h4-17,29-30,37-38H,1H2,2-3H3,(H,35,39)(H,36,40)/t29-,30-/m1/s1. The van der Waals surface area contributed by atoms with Crippen LogP contribution in [0.5, 0.6) is 11.5 Å². The highest BCUT2D eigenvalue weighted by Gasteiger charge is 2.52. The number of rotatable bonds is 12. The molecule has 5 rings (SSSR count). The van der Waals surface area contributed by atoms with Gasteiger partial charge in [-0.2, -0.15) is 0 Å². The van der Waals surface area contributed by atoms with Crippen molar-refractivity contribution in [1.82, 2.24) is 0 Å². The highest BCUT2D eigenvalue weighted by Crippen LogP contribution is 2.46. The van der Waals surface area contributed by atoms with Gasteiger partial charge in [-0.3, -0.25) is 19.0 Å². The smallest absolute Gasteiger partial charge is 0.263 e. The van der Waals surface area contributed by atoms with E-state index in [1.54, 1.807) is 24.3 Å². The van der Waals surface area contributed by atoms with Gasteiger partial charge >= 0.3 is 0 Å². The highest BCUT2D eigenvalue weighted by atomic mass is 35.5. The molecule has 16 heteroatoms. The van der Waals surface area contributed by atoms with Gasteiger partial charge in [-0.15, -0.1) is 0 Å². The number of hydrogen-bond acceptors (Lipinski definition) is 8. The molecule has 0 spiro atoms. The molecule has 250 valence electrons. The number of methoxy groups -OCH3 is 2. The summed E-state index contributed by atoms with van der Waals surface area (Å²) >= 11 is 12.4. The van der Waals surface area contributed by atoms with Crippen LogP contribution in [0, 0.1) is 11.8 Å². The maximum Gasteiger partial charge on any atom is 0.263 e. The minimum absolute atomic E-state index is 0.0781. The molecule has 2 atom stereocenters. The quantitative estimate of drug-likeness (QED) is 0.129. The van der Waals surface area contributed by atoms with Crippen LogP contribution in [0.25, 0.3) is 0 Å². The zero-order valence-electron chi connectivity index (χ0n) is 25.3. The van der Waals surface area contributed by atoms with Gasteiger partial charge in [0, 0.05) is 22.7 Å². The Balaban J connectivity index is 1.25. The Hall–Kier alpha value is -4.76. The molecule has 48 heavy (non-hydrogen) atoms. The summed E-state index contributed by atoms with van der Waals surface area (Å²) in [7, 11) is -5.33. The molecule has 0 unspecified atom stereocenters. The summed E-state index contributed by atoms with van der Waals surface area (Å²) < 4.78 is 67.4. The Morgan fingerprint density at radius 2 is 0.938 bits per heavy atom. The molecule has 0 aromatic heterocycles. The van der Waals surface area contributed by atoms with E-state index in [1.807, 2.05) is 0 Å². The maximum atomic E-state index is 13.1. The molecule has 0 bridgehead atoms. The molecule has 12 nitrogen and oxygen atoms in total. The fourth-order valence-electron chi connectivity index (χ4n) is 4.71. The maximum absolute atomic E-state index is 13.1. The third kappa shape index (κ3) is 7.68. The number of amides is 2. The molecule has 4 aromatic rings. The number of sulfonamides is 2. The van der Waals surface area contributed by atoms with Crippen molar-refractivity contribution in [1.29, 1.82) is 0 Å². The summed E-state index contributed by atoms with van der Waals surface area (Å²) in [6.07, 6.45) is 0. The Kier molecular flexibility index (Phi) is 9.91. The minimum Gasteiger partial charge on any atom is -0.497 e. The van der Waals surface area contributed by atoms with E-state index < -0.39 is 43.7 Å². The molecule has 1 aliphatic rings. The van der Waals surface area contributed by atoms with Gasteiger partial charge in [0.1, 0.15) is 21.3 Å². The molecule has 4 N–H and O–H groups in total. The van der Waals surface area contributed by atoms with Crippen LogP contribution in [-0.2, 0) is 29.6 Å². The zero-order chi connectivity index (χ0) is 34.8. The van der Waals surface area contributed by atoms with E-state index in [0.717, 1.165) is 0 Å². The van der Waals surface area contributed by atoms with E-state index in [2.05, 4.69) is 26.7 Å². The van der Waals surface area contributed by atoms with Crippen LogP contribution in [0.15, 0.2) is 107 Å². The van der Waals surface area contributed by atoms with E-state index >= 15 is 0 Å². The Bertz CT molecular complexity index is 1980. The highest BCUT2D eigenvalue weighted by molar-refractivity contribution is 7.93. The van der Waals surface area contributed by atoms with Crippen molar-refractivity contribution in [2.24, 2.45) is 11.8 Å². The van der Waals surface area contributed by atoms with Crippen molar-refractivity contribution in [3.63, 3.8) is 0 Å². The van der Waals surface area contributed by atoms with Gasteiger partial charge < -0.3 is 20.1 Å². The fourth-order valence-corrected chi connectivity index (χ4v) is 7.88. The molecule has 0 heterocycles. The topological polar surface area (TPSA) is 169 Å². The summed E-state index contributed by atoms with van der Waals surface area (Å²) in [5.41, 5.74) is 1.09. The number of ether oxygens (including phenoxy) is 2. The van der Waals surface area contributed by atoms with Crippen LogP contribution in [0.2, 0.25) is 10.0 Å². The van der Waals surface area contributed by atoms with Crippen LogP contribution >= 0.6 is 23.2 Å². The first-order valence-electron chi connectivity index (χ1n) is 14.0. The van der Waals surface area contributed by atoms with Gasteiger partial charge in [-0.25, -0.2) is 16.8 Å². The van der Waals surface area contributed by atoms with Gasteiger partial charge in [0.25, 0.3) is 20.0 Å². The second kappa shape index (κ2) is 13.8. The van der Waals surface area contributed by atoms with Gasteiger partial charge in [0.05, 0.1) is 36.1 Å². The van der Waals surface area contributed by atoms with Crippen LogP contribution < -0.4 is 29.6 Å². The van der Waals surface area contributed by atoms with Crippen molar-refractivity contribution in [3.8, 4) is 11.5 Å². The van der Waals surface area contributed by atoms with Gasteiger partial charge in [-0.05, 0) is 84.9 Å². The molecular weight excluding hydrogens is 703 g/mol. The first kappa shape index (κ1) is 34.6. The van der Waals surface area contributed by atoms with Crippen molar-refractivity contribution in [2.45, 2.75) is 9.79 Å². The number of benzene rings is 4. The Labute approximate surface area is 287 Å². The Morgan fingerprint density at radius 3 is 1.27 bits per heavy atom. The van der Waals surface area contributed by atoms with Crippen molar-refractivity contribution in [2.75, 3.05) is 34.3 Å². The van der Waals surface area contributed by atoms with Crippen LogP contribution in [0.4, 0.5) is 22.7 Å². The lowest BCUT2D eigenvalue weighted by Gasteiger charge is -2.13. The van der Waals surface area contributed by atoms with Gasteiger partial charge in [-0.1, -0.05) is 35.4 Å². The first-order valence-corrected chi connectivity index (χ1v) is 17.7. The van der Waals surface area contributed by atoms with Crippen molar-refractivity contribution >= 4 is 77.8 Å². The summed E-state index contributed by atoms with van der Waals surface area (Å²) in [6, 6.07) is 20.3. The molecule has 1 aliphatic carbocycles. The van der Waals surface area contributed by atoms with Crippen LogP contribution in [-0.4, -0.2) is 42.9 Å². The number of anilines is 4. The third-order valence-corrected chi connectivity index (χ3v) is 11.0. The van der Waals surface area contributed by atoms with E-state index in [9.17, 15) is 26.4 Å². The zero-order valence-corrected chi connectivity index (χ0v) is 28.4. The number of nitrogens with one attached hydrogen (secondary N) is 4. The predicted octanol–water partition coefficient (Wildman–Crippen LogP) is 5.99. The largest absolute Gasteiger partial charge is 0.497 e. The third-order valence-electron chi connectivity index (χ3n) is 7.25. The number of hydrogen-bond donors (Lipinski definition) is 4. The lowest BCUT2D eigenvalue weighted by atomic mass is 10.2. The van der Waals surface area contributed by atoms with Gasteiger partial charge in [0.15, 0.2) is 0 Å². The van der Waals surface area contributed by atoms with Crippen LogP contribution in [0.1, 0.15) is 0 Å². The normalized spacial score (nSPS) is 15.6. The van der Waals surface area contributed by atoms with E-state index in [0.29, 0.717) is 17.1 Å². The number of carbonyl (C=O) groups is 2. The molecule has 0 radical (unpaired) electrons. The van der Waals surface area contributed by atoms with E-state index in [-0.39, 0.29) is 42.6 Å².